The lowest BCUT2D eigenvalue weighted by atomic mass is 10.1. The van der Waals surface area contributed by atoms with E-state index in [2.05, 4.69) is 11.1 Å². The molecule has 3 nitrogen and oxygen atoms in total. The zero-order chi connectivity index (χ0) is 14.7. The molecule has 0 radical (unpaired) electrons. The molecule has 0 unspecified atom stereocenters. The lowest BCUT2D eigenvalue weighted by Crippen LogP contribution is -1.84. The second kappa shape index (κ2) is 5.56. The van der Waals surface area contributed by atoms with Crippen molar-refractivity contribution in [2.75, 3.05) is 7.11 Å². The smallest absolute Gasteiger partial charge is 0.118 e. The number of nitrogens with zero attached hydrogens (tertiary/aromatic N) is 1. The summed E-state index contributed by atoms with van der Waals surface area (Å²) >= 11 is 0. The molecule has 1 heterocycles. The van der Waals surface area contributed by atoms with Crippen LogP contribution in [0.4, 0.5) is 0 Å². The Bertz CT molecular complexity index is 803. The number of methoxy groups -OCH3 is 1. The van der Waals surface area contributed by atoms with E-state index in [4.69, 9.17) is 4.74 Å². The Morgan fingerprint density at radius 2 is 1.90 bits per heavy atom. The average molecular weight is 274 g/mol. The maximum Gasteiger partial charge on any atom is 0.118 e. The Kier molecular flexibility index (Phi) is 3.44. The predicted molar refractivity (Wildman–Crippen MR) is 84.8 cm³/mol. The Morgan fingerprint density at radius 3 is 2.57 bits per heavy atom. The fourth-order valence-electron chi connectivity index (χ4n) is 2.26. The molecule has 0 saturated carbocycles. The molecule has 2 aromatic carbocycles. The van der Waals surface area contributed by atoms with Crippen molar-refractivity contribution in [2.45, 2.75) is 0 Å². The largest absolute Gasteiger partial charge is 0.497 e. The van der Waals surface area contributed by atoms with Crippen molar-refractivity contribution in [2.24, 2.45) is 0 Å². The number of rotatable bonds is 3. The third-order valence-electron chi connectivity index (χ3n) is 3.37. The molecule has 102 valence electrons. The van der Waals surface area contributed by atoms with Crippen molar-refractivity contribution < 1.29 is 4.74 Å². The summed E-state index contributed by atoms with van der Waals surface area (Å²) in [5.41, 5.74) is 3.43. The predicted octanol–water partition coefficient (Wildman–Crippen LogP) is 4.24. The highest BCUT2D eigenvalue weighted by atomic mass is 16.5. The first kappa shape index (κ1) is 13.0. The number of benzene rings is 2. The first-order chi connectivity index (χ1) is 10.3. The van der Waals surface area contributed by atoms with Gasteiger partial charge in [-0.05, 0) is 35.9 Å². The molecule has 0 bridgehead atoms. The molecule has 0 aliphatic carbocycles. The standard InChI is InChI=1S/C18H14N2O/c1-21-16-8-6-13(7-9-16)10-15(12-19)18-11-14-4-2-3-5-17(14)20-18/h2-11,20H,1H3/b15-10+. The topological polar surface area (TPSA) is 48.8 Å². The van der Waals surface area contributed by atoms with E-state index in [0.717, 1.165) is 27.9 Å². The van der Waals surface area contributed by atoms with Crippen molar-refractivity contribution >= 4 is 22.6 Å². The normalized spacial score (nSPS) is 11.3. The molecule has 3 heteroatoms. The maximum atomic E-state index is 9.40. The number of H-pyrrole nitrogens is 1. The monoisotopic (exact) mass is 274 g/mol. The van der Waals surface area contributed by atoms with Crippen LogP contribution in [0.5, 0.6) is 5.75 Å². The van der Waals surface area contributed by atoms with Gasteiger partial charge in [-0.2, -0.15) is 5.26 Å². The summed E-state index contributed by atoms with van der Waals surface area (Å²) in [6, 6.07) is 19.9. The van der Waals surface area contributed by atoms with Crippen molar-refractivity contribution in [1.29, 1.82) is 5.26 Å². The van der Waals surface area contributed by atoms with Crippen LogP contribution >= 0.6 is 0 Å². The molecule has 0 aliphatic heterocycles. The van der Waals surface area contributed by atoms with Gasteiger partial charge in [0.2, 0.25) is 0 Å². The highest BCUT2D eigenvalue weighted by Crippen LogP contribution is 2.23. The van der Waals surface area contributed by atoms with Crippen molar-refractivity contribution in [1.82, 2.24) is 4.98 Å². The second-order valence-corrected chi connectivity index (χ2v) is 4.71. The third-order valence-corrected chi connectivity index (χ3v) is 3.37. The van der Waals surface area contributed by atoms with Gasteiger partial charge in [0.25, 0.3) is 0 Å². The van der Waals surface area contributed by atoms with Gasteiger partial charge in [-0.25, -0.2) is 0 Å². The van der Waals surface area contributed by atoms with E-state index in [1.54, 1.807) is 7.11 Å². The van der Waals surface area contributed by atoms with E-state index in [1.807, 2.05) is 60.7 Å². The summed E-state index contributed by atoms with van der Waals surface area (Å²) in [6.07, 6.45) is 1.87. The van der Waals surface area contributed by atoms with Crippen molar-refractivity contribution in [3.63, 3.8) is 0 Å². The number of hydrogen-bond acceptors (Lipinski definition) is 2. The molecule has 0 saturated heterocycles. The van der Waals surface area contributed by atoms with Crippen LogP contribution in [0.1, 0.15) is 11.3 Å². The van der Waals surface area contributed by atoms with Gasteiger partial charge in [0, 0.05) is 10.9 Å². The number of nitriles is 1. The molecule has 0 aliphatic rings. The lowest BCUT2D eigenvalue weighted by molar-refractivity contribution is 0.415. The Balaban J connectivity index is 2.00. The molecule has 0 spiro atoms. The number of aromatic nitrogens is 1. The van der Waals surface area contributed by atoms with E-state index in [1.165, 1.54) is 0 Å². The summed E-state index contributed by atoms with van der Waals surface area (Å²) < 4.78 is 5.13. The Morgan fingerprint density at radius 1 is 1.14 bits per heavy atom. The maximum absolute atomic E-state index is 9.40. The number of allylic oxidation sites excluding steroid dienone is 1. The van der Waals surface area contributed by atoms with Crippen LogP contribution in [0.25, 0.3) is 22.6 Å². The minimum atomic E-state index is 0.608. The van der Waals surface area contributed by atoms with E-state index < -0.39 is 0 Å². The number of hydrogen-bond donors (Lipinski definition) is 1. The van der Waals surface area contributed by atoms with Crippen LogP contribution in [-0.4, -0.2) is 12.1 Å². The van der Waals surface area contributed by atoms with E-state index in [9.17, 15) is 5.26 Å². The summed E-state index contributed by atoms with van der Waals surface area (Å²) in [7, 11) is 1.63. The zero-order valence-electron chi connectivity index (χ0n) is 11.6. The first-order valence-corrected chi connectivity index (χ1v) is 6.64. The van der Waals surface area contributed by atoms with Crippen LogP contribution in [0.3, 0.4) is 0 Å². The zero-order valence-corrected chi connectivity index (χ0v) is 11.6. The van der Waals surface area contributed by atoms with E-state index in [0.29, 0.717) is 5.57 Å². The number of fused-ring (bicyclic) bond motifs is 1. The Labute approximate surface area is 123 Å². The molecular formula is C18H14N2O. The SMILES string of the molecule is COc1ccc(/C=C(\C#N)c2cc3ccccc3[nH]2)cc1. The summed E-state index contributed by atoms with van der Waals surface area (Å²) in [6.45, 7) is 0. The number of para-hydroxylation sites is 1. The van der Waals surface area contributed by atoms with Crippen LogP contribution in [0.15, 0.2) is 54.6 Å². The van der Waals surface area contributed by atoms with Gasteiger partial charge >= 0.3 is 0 Å². The van der Waals surface area contributed by atoms with Crippen molar-refractivity contribution in [3.8, 4) is 11.8 Å². The van der Waals surface area contributed by atoms with Gasteiger partial charge in [-0.1, -0.05) is 30.3 Å². The van der Waals surface area contributed by atoms with Crippen LogP contribution in [0, 0.1) is 11.3 Å². The summed E-state index contributed by atoms with van der Waals surface area (Å²) in [5, 5.41) is 10.5. The highest BCUT2D eigenvalue weighted by molar-refractivity contribution is 5.93. The molecule has 0 atom stereocenters. The third kappa shape index (κ3) is 2.65. The first-order valence-electron chi connectivity index (χ1n) is 6.64. The van der Waals surface area contributed by atoms with Gasteiger partial charge in [0.05, 0.1) is 18.4 Å². The molecule has 1 aromatic heterocycles. The lowest BCUT2D eigenvalue weighted by Gasteiger charge is -2.00. The van der Waals surface area contributed by atoms with Gasteiger partial charge < -0.3 is 9.72 Å². The highest BCUT2D eigenvalue weighted by Gasteiger charge is 2.05. The molecule has 1 N–H and O–H groups in total. The number of aromatic amines is 1. The van der Waals surface area contributed by atoms with Crippen LogP contribution < -0.4 is 4.74 Å². The van der Waals surface area contributed by atoms with Gasteiger partial charge in [-0.15, -0.1) is 0 Å². The van der Waals surface area contributed by atoms with Gasteiger partial charge in [-0.3, -0.25) is 0 Å². The molecular weight excluding hydrogens is 260 g/mol. The average Bonchev–Trinajstić information content (AvgIpc) is 2.97. The number of nitrogens with one attached hydrogen (secondary N) is 1. The fourth-order valence-corrected chi connectivity index (χ4v) is 2.26. The molecule has 0 amide bonds. The fraction of sp³-hybridized carbons (Fsp3) is 0.0556. The van der Waals surface area contributed by atoms with Crippen LogP contribution in [-0.2, 0) is 0 Å². The summed E-state index contributed by atoms with van der Waals surface area (Å²) in [5.74, 6) is 0.802. The van der Waals surface area contributed by atoms with Crippen molar-refractivity contribution in [3.05, 3.63) is 65.9 Å². The van der Waals surface area contributed by atoms with Gasteiger partial charge in [0.15, 0.2) is 0 Å². The van der Waals surface area contributed by atoms with Crippen LogP contribution in [0.2, 0.25) is 0 Å². The van der Waals surface area contributed by atoms with E-state index in [-0.39, 0.29) is 0 Å². The quantitative estimate of drug-likeness (QED) is 0.726. The minimum Gasteiger partial charge on any atom is -0.497 e. The van der Waals surface area contributed by atoms with Gasteiger partial charge in [0.1, 0.15) is 11.8 Å². The minimum absolute atomic E-state index is 0.608. The number of ether oxygens (including phenoxy) is 1. The molecule has 3 rings (SSSR count). The summed E-state index contributed by atoms with van der Waals surface area (Å²) in [4.78, 5) is 3.27. The second-order valence-electron chi connectivity index (χ2n) is 4.71. The van der Waals surface area contributed by atoms with E-state index >= 15 is 0 Å². The molecule has 21 heavy (non-hydrogen) atoms. The Hall–Kier alpha value is -2.99. The molecule has 0 fully saturated rings. The molecule has 3 aromatic rings.